The van der Waals surface area contributed by atoms with Gasteiger partial charge in [0.15, 0.2) is 0 Å². The minimum Gasteiger partial charge on any atom is -0.364 e. The third-order valence-corrected chi connectivity index (χ3v) is 7.01. The number of nitrogens with zero attached hydrogens (tertiary/aromatic N) is 3. The van der Waals surface area contributed by atoms with Gasteiger partial charge in [-0.15, -0.1) is 0 Å². The fourth-order valence-electron chi connectivity index (χ4n) is 3.47. The second-order valence-corrected chi connectivity index (χ2v) is 8.89. The van der Waals surface area contributed by atoms with Gasteiger partial charge in [0.05, 0.1) is 0 Å². The molecule has 28 heavy (non-hydrogen) atoms. The molecule has 0 aliphatic carbocycles. The van der Waals surface area contributed by atoms with E-state index in [1.54, 1.807) is 19.0 Å². The summed E-state index contributed by atoms with van der Waals surface area (Å²) in [4.78, 5) is 25.8. The Morgan fingerprint density at radius 3 is 2.29 bits per heavy atom. The van der Waals surface area contributed by atoms with Crippen molar-refractivity contribution < 1.29 is 18.0 Å². The maximum Gasteiger partial charge on any atom is 0.265 e. The second-order valence-electron chi connectivity index (χ2n) is 6.95. The van der Waals surface area contributed by atoms with Crippen LogP contribution in [0, 0.1) is 5.92 Å². The van der Waals surface area contributed by atoms with Crippen LogP contribution in [-0.2, 0) is 21.9 Å². The van der Waals surface area contributed by atoms with Gasteiger partial charge in [0, 0.05) is 45.0 Å². The zero-order valence-corrected chi connectivity index (χ0v) is 16.7. The van der Waals surface area contributed by atoms with Gasteiger partial charge in [0.1, 0.15) is 10.6 Å². The highest BCUT2D eigenvalue weighted by Gasteiger charge is 2.34. The van der Waals surface area contributed by atoms with E-state index in [9.17, 15) is 18.0 Å². The summed E-state index contributed by atoms with van der Waals surface area (Å²) < 4.78 is 28.5. The highest BCUT2D eigenvalue weighted by atomic mass is 32.2. The van der Waals surface area contributed by atoms with E-state index in [1.165, 1.54) is 21.1 Å². The molecule has 2 aromatic rings. The van der Waals surface area contributed by atoms with Crippen LogP contribution in [0.1, 0.15) is 23.3 Å². The maximum atomic E-state index is 12.9. The average Bonchev–Trinajstić information content (AvgIpc) is 3.10. The molecule has 1 aliphatic heterocycles. The lowest BCUT2D eigenvalue weighted by Crippen LogP contribution is -2.43. The number of amides is 2. The predicted octanol–water partition coefficient (Wildman–Crippen LogP) is 1.19. The summed E-state index contributed by atoms with van der Waals surface area (Å²) in [5.74, 6) is -0.926. The third kappa shape index (κ3) is 3.81. The molecule has 1 saturated heterocycles. The number of piperidine rings is 1. The fraction of sp³-hybridized carbons (Fsp3) is 0.368. The Hall–Kier alpha value is -2.65. The number of para-hydroxylation sites is 1. The van der Waals surface area contributed by atoms with Crippen molar-refractivity contribution in [1.29, 1.82) is 0 Å². The average molecular weight is 404 g/mol. The van der Waals surface area contributed by atoms with E-state index < -0.39 is 15.9 Å². The number of primary amides is 1. The summed E-state index contributed by atoms with van der Waals surface area (Å²) in [7, 11) is -0.434. The Morgan fingerprint density at radius 2 is 1.75 bits per heavy atom. The molecule has 3 rings (SSSR count). The first-order chi connectivity index (χ1) is 13.2. The quantitative estimate of drug-likeness (QED) is 0.808. The molecule has 2 amide bonds. The van der Waals surface area contributed by atoms with Crippen LogP contribution in [0.25, 0.3) is 0 Å². The molecule has 2 heterocycles. The van der Waals surface area contributed by atoms with Crippen molar-refractivity contribution in [3.63, 3.8) is 0 Å². The van der Waals surface area contributed by atoms with Crippen molar-refractivity contribution >= 4 is 27.5 Å². The smallest absolute Gasteiger partial charge is 0.265 e. The standard InChI is InChI=1S/C19H24N4O4S/c1-21-13-16(12-17(21)18(20)24)28(26,27)23-10-8-14(9-11-23)19(25)22(2)15-6-4-3-5-7-15/h3-7,12-14H,8-11H2,1-2H3,(H2,20,24). The number of hydrogen-bond donors (Lipinski definition) is 1. The predicted molar refractivity (Wildman–Crippen MR) is 105 cm³/mol. The molecule has 0 bridgehead atoms. The highest BCUT2D eigenvalue weighted by molar-refractivity contribution is 7.89. The fourth-order valence-corrected chi connectivity index (χ4v) is 5.01. The maximum absolute atomic E-state index is 12.9. The Balaban J connectivity index is 1.68. The van der Waals surface area contributed by atoms with Gasteiger partial charge in [0.25, 0.3) is 5.91 Å². The van der Waals surface area contributed by atoms with Crippen molar-refractivity contribution in [2.24, 2.45) is 18.7 Å². The van der Waals surface area contributed by atoms with Gasteiger partial charge in [-0.25, -0.2) is 8.42 Å². The number of aromatic nitrogens is 1. The molecule has 0 unspecified atom stereocenters. The molecule has 1 fully saturated rings. The Kier molecular flexibility index (Phi) is 5.57. The number of nitrogens with two attached hydrogens (primary N) is 1. The van der Waals surface area contributed by atoms with Gasteiger partial charge in [-0.3, -0.25) is 9.59 Å². The number of hydrogen-bond acceptors (Lipinski definition) is 4. The van der Waals surface area contributed by atoms with Crippen LogP contribution in [0.3, 0.4) is 0 Å². The van der Waals surface area contributed by atoms with E-state index in [2.05, 4.69) is 0 Å². The van der Waals surface area contributed by atoms with Crippen molar-refractivity contribution in [2.75, 3.05) is 25.0 Å². The summed E-state index contributed by atoms with van der Waals surface area (Å²) >= 11 is 0. The number of carbonyl (C=O) groups excluding carboxylic acids is 2. The lowest BCUT2D eigenvalue weighted by atomic mass is 9.96. The van der Waals surface area contributed by atoms with Gasteiger partial charge in [0.2, 0.25) is 15.9 Å². The number of rotatable bonds is 5. The molecule has 150 valence electrons. The van der Waals surface area contributed by atoms with Crippen molar-refractivity contribution in [1.82, 2.24) is 8.87 Å². The molecule has 1 aliphatic rings. The van der Waals surface area contributed by atoms with Gasteiger partial charge in [-0.05, 0) is 31.0 Å². The molecule has 0 spiro atoms. The minimum absolute atomic E-state index is 0.0148. The molecule has 0 atom stereocenters. The van der Waals surface area contributed by atoms with E-state index in [0.29, 0.717) is 12.8 Å². The molecule has 0 saturated carbocycles. The first kappa shape index (κ1) is 20.1. The van der Waals surface area contributed by atoms with E-state index in [-0.39, 0.29) is 35.5 Å². The topological polar surface area (TPSA) is 106 Å². The number of sulfonamides is 1. The number of carbonyl (C=O) groups is 2. The summed E-state index contributed by atoms with van der Waals surface area (Å²) in [6.45, 7) is 0.504. The number of benzene rings is 1. The molecule has 0 radical (unpaired) electrons. The summed E-state index contributed by atoms with van der Waals surface area (Å²) in [6.07, 6.45) is 2.28. The normalized spacial score (nSPS) is 16.1. The van der Waals surface area contributed by atoms with Crippen LogP contribution in [-0.4, -0.2) is 49.2 Å². The highest BCUT2D eigenvalue weighted by Crippen LogP contribution is 2.27. The first-order valence-corrected chi connectivity index (χ1v) is 10.4. The summed E-state index contributed by atoms with van der Waals surface area (Å²) in [5, 5.41) is 0. The monoisotopic (exact) mass is 404 g/mol. The minimum atomic E-state index is -3.74. The SMILES string of the molecule is CN(C(=O)C1CCN(S(=O)(=O)c2cc(C(N)=O)n(C)c2)CC1)c1ccccc1. The van der Waals surface area contributed by atoms with Crippen LogP contribution >= 0.6 is 0 Å². The van der Waals surface area contributed by atoms with E-state index in [0.717, 1.165) is 5.69 Å². The van der Waals surface area contributed by atoms with E-state index in [1.807, 2.05) is 30.3 Å². The van der Waals surface area contributed by atoms with Crippen LogP contribution in [0.5, 0.6) is 0 Å². The zero-order chi connectivity index (χ0) is 20.5. The van der Waals surface area contributed by atoms with Crippen molar-refractivity contribution in [3.05, 3.63) is 48.3 Å². The molecular weight excluding hydrogens is 380 g/mol. The molecule has 2 N–H and O–H groups in total. The number of anilines is 1. The molecule has 1 aromatic heterocycles. The Morgan fingerprint density at radius 1 is 1.14 bits per heavy atom. The van der Waals surface area contributed by atoms with Crippen LogP contribution in [0.15, 0.2) is 47.5 Å². The van der Waals surface area contributed by atoms with Crippen molar-refractivity contribution in [3.8, 4) is 0 Å². The lowest BCUT2D eigenvalue weighted by molar-refractivity contribution is -0.123. The van der Waals surface area contributed by atoms with Crippen LogP contribution in [0.2, 0.25) is 0 Å². The van der Waals surface area contributed by atoms with Gasteiger partial charge >= 0.3 is 0 Å². The molecule has 1 aromatic carbocycles. The van der Waals surface area contributed by atoms with Crippen LogP contribution in [0.4, 0.5) is 5.69 Å². The second kappa shape index (κ2) is 7.76. The molecule has 9 heteroatoms. The first-order valence-electron chi connectivity index (χ1n) is 9.00. The third-order valence-electron chi connectivity index (χ3n) is 5.15. The summed E-state index contributed by atoms with van der Waals surface area (Å²) in [6, 6.07) is 10.6. The Labute approximate surface area is 164 Å². The van der Waals surface area contributed by atoms with Gasteiger partial charge in [-0.1, -0.05) is 18.2 Å². The summed E-state index contributed by atoms with van der Waals surface area (Å²) in [5.41, 5.74) is 6.21. The molecular formula is C19H24N4O4S. The van der Waals surface area contributed by atoms with E-state index >= 15 is 0 Å². The largest absolute Gasteiger partial charge is 0.364 e. The van der Waals surface area contributed by atoms with Gasteiger partial charge < -0.3 is 15.2 Å². The molecule has 8 nitrogen and oxygen atoms in total. The van der Waals surface area contributed by atoms with E-state index in [4.69, 9.17) is 5.73 Å². The number of aryl methyl sites for hydroxylation is 1. The lowest BCUT2D eigenvalue weighted by Gasteiger charge is -2.32. The van der Waals surface area contributed by atoms with Crippen LogP contribution < -0.4 is 10.6 Å². The zero-order valence-electron chi connectivity index (χ0n) is 15.9. The van der Waals surface area contributed by atoms with Gasteiger partial charge in [-0.2, -0.15) is 4.31 Å². The Bertz CT molecular complexity index is 977. The van der Waals surface area contributed by atoms with Crippen molar-refractivity contribution in [2.45, 2.75) is 17.7 Å².